The lowest BCUT2D eigenvalue weighted by Gasteiger charge is -2.31. The van der Waals surface area contributed by atoms with E-state index >= 15 is 0 Å². The third kappa shape index (κ3) is 4.82. The van der Waals surface area contributed by atoms with E-state index in [0.717, 1.165) is 44.3 Å². The van der Waals surface area contributed by atoms with Gasteiger partial charge in [0.25, 0.3) is 0 Å². The van der Waals surface area contributed by atoms with Crippen molar-refractivity contribution in [1.29, 1.82) is 0 Å². The molecule has 0 spiro atoms. The van der Waals surface area contributed by atoms with Crippen LogP contribution in [-0.2, 0) is 14.8 Å². The third-order valence-electron chi connectivity index (χ3n) is 5.57. The fourth-order valence-corrected chi connectivity index (χ4v) is 5.71. The highest BCUT2D eigenvalue weighted by atomic mass is 32.2. The van der Waals surface area contributed by atoms with Gasteiger partial charge in [0, 0.05) is 31.9 Å². The lowest BCUT2D eigenvalue weighted by Crippen LogP contribution is -2.42. The highest BCUT2D eigenvalue weighted by Gasteiger charge is 2.27. The van der Waals surface area contributed by atoms with E-state index in [-0.39, 0.29) is 12.5 Å². The first-order chi connectivity index (χ1) is 12.9. The Labute approximate surface area is 163 Å². The number of nitrogens with one attached hydrogen (secondary N) is 1. The quantitative estimate of drug-likeness (QED) is 0.835. The first-order valence-electron chi connectivity index (χ1n) is 10.0. The minimum atomic E-state index is -3.48. The van der Waals surface area contributed by atoms with E-state index in [2.05, 4.69) is 12.2 Å². The van der Waals surface area contributed by atoms with Gasteiger partial charge in [-0.2, -0.15) is 4.31 Å². The van der Waals surface area contributed by atoms with Gasteiger partial charge in [-0.1, -0.05) is 19.4 Å². The molecule has 6 nitrogen and oxygen atoms in total. The van der Waals surface area contributed by atoms with Crippen molar-refractivity contribution in [2.45, 2.75) is 50.8 Å². The maximum absolute atomic E-state index is 13.0. The number of benzene rings is 1. The van der Waals surface area contributed by atoms with Gasteiger partial charge in [-0.3, -0.25) is 4.79 Å². The highest BCUT2D eigenvalue weighted by Crippen LogP contribution is 2.26. The van der Waals surface area contributed by atoms with Crippen LogP contribution >= 0.6 is 0 Å². The van der Waals surface area contributed by atoms with E-state index < -0.39 is 10.0 Å². The summed E-state index contributed by atoms with van der Waals surface area (Å²) in [4.78, 5) is 14.7. The van der Waals surface area contributed by atoms with Gasteiger partial charge in [0.05, 0.1) is 11.4 Å². The number of nitrogens with zero attached hydrogens (tertiary/aromatic N) is 2. The second-order valence-corrected chi connectivity index (χ2v) is 9.79. The molecule has 2 heterocycles. The fraction of sp³-hybridized carbons (Fsp3) is 0.650. The smallest absolute Gasteiger partial charge is 0.243 e. The van der Waals surface area contributed by atoms with Crippen LogP contribution in [0.4, 0.5) is 5.69 Å². The lowest BCUT2D eigenvalue weighted by molar-refractivity contribution is -0.130. The number of sulfonamides is 1. The number of piperidine rings is 2. The molecule has 1 unspecified atom stereocenters. The van der Waals surface area contributed by atoms with Crippen molar-refractivity contribution < 1.29 is 13.2 Å². The molecule has 0 radical (unpaired) electrons. The Kier molecular flexibility index (Phi) is 6.42. The molecule has 2 aliphatic rings. The van der Waals surface area contributed by atoms with E-state index in [1.54, 1.807) is 10.4 Å². The molecule has 27 heavy (non-hydrogen) atoms. The largest absolute Gasteiger partial charge is 0.376 e. The van der Waals surface area contributed by atoms with Crippen LogP contribution in [0.3, 0.4) is 0 Å². The van der Waals surface area contributed by atoms with E-state index in [0.29, 0.717) is 29.6 Å². The second-order valence-electron chi connectivity index (χ2n) is 7.89. The van der Waals surface area contributed by atoms with Crippen molar-refractivity contribution in [1.82, 2.24) is 9.21 Å². The molecule has 150 valence electrons. The van der Waals surface area contributed by atoms with Gasteiger partial charge in [0.15, 0.2) is 0 Å². The molecule has 7 heteroatoms. The molecule has 2 saturated heterocycles. The number of amides is 1. The topological polar surface area (TPSA) is 69.7 Å². The minimum Gasteiger partial charge on any atom is -0.376 e. The standard InChI is InChI=1S/C20H31N3O3S/c1-16-7-6-10-22(15-16)20(24)14-21-18-9-8-17(2)19(13-18)27(25,26)23-11-4-3-5-12-23/h8-9,13,16,21H,3-7,10-12,14-15H2,1-2H3. The van der Waals surface area contributed by atoms with E-state index in [9.17, 15) is 13.2 Å². The van der Waals surface area contributed by atoms with Crippen molar-refractivity contribution in [3.8, 4) is 0 Å². The SMILES string of the molecule is Cc1ccc(NCC(=O)N2CCCC(C)C2)cc1S(=O)(=O)N1CCCCC1. The van der Waals surface area contributed by atoms with Gasteiger partial charge in [0.2, 0.25) is 15.9 Å². The van der Waals surface area contributed by atoms with Crippen LogP contribution in [0.1, 0.15) is 44.6 Å². The number of aryl methyl sites for hydroxylation is 1. The van der Waals surface area contributed by atoms with Crippen molar-refractivity contribution in [2.24, 2.45) is 5.92 Å². The summed E-state index contributed by atoms with van der Waals surface area (Å²) < 4.78 is 27.6. The average Bonchev–Trinajstić information content (AvgIpc) is 2.67. The summed E-state index contributed by atoms with van der Waals surface area (Å²) in [6, 6.07) is 5.33. The van der Waals surface area contributed by atoms with Crippen LogP contribution in [0.15, 0.2) is 23.1 Å². The van der Waals surface area contributed by atoms with Gasteiger partial charge in [-0.05, 0) is 56.2 Å². The molecule has 1 amide bonds. The minimum absolute atomic E-state index is 0.0718. The van der Waals surface area contributed by atoms with Gasteiger partial charge >= 0.3 is 0 Å². The fourth-order valence-electron chi connectivity index (χ4n) is 3.94. The molecule has 0 aromatic heterocycles. The van der Waals surface area contributed by atoms with Crippen LogP contribution in [0.25, 0.3) is 0 Å². The predicted octanol–water partition coefficient (Wildman–Crippen LogP) is 2.84. The van der Waals surface area contributed by atoms with Crippen LogP contribution in [0.2, 0.25) is 0 Å². The zero-order valence-corrected chi connectivity index (χ0v) is 17.2. The Bertz CT molecular complexity index is 773. The predicted molar refractivity (Wildman–Crippen MR) is 107 cm³/mol. The number of rotatable bonds is 5. The van der Waals surface area contributed by atoms with Crippen molar-refractivity contribution in [3.05, 3.63) is 23.8 Å². The number of likely N-dealkylation sites (tertiary alicyclic amines) is 1. The van der Waals surface area contributed by atoms with Crippen LogP contribution in [0.5, 0.6) is 0 Å². The summed E-state index contributed by atoms with van der Waals surface area (Å²) in [6.45, 7) is 6.98. The summed E-state index contributed by atoms with van der Waals surface area (Å²) in [7, 11) is -3.48. The van der Waals surface area contributed by atoms with Gasteiger partial charge in [-0.25, -0.2) is 8.42 Å². The summed E-state index contributed by atoms with van der Waals surface area (Å²) in [5.74, 6) is 0.617. The molecular weight excluding hydrogens is 362 g/mol. The van der Waals surface area contributed by atoms with E-state index in [1.165, 1.54) is 6.42 Å². The first kappa shape index (κ1) is 20.1. The Hall–Kier alpha value is -1.60. The number of hydrogen-bond acceptors (Lipinski definition) is 4. The molecular formula is C20H31N3O3S. The normalized spacial score (nSPS) is 21.9. The molecule has 1 aromatic rings. The molecule has 1 N–H and O–H groups in total. The zero-order chi connectivity index (χ0) is 19.4. The summed E-state index contributed by atoms with van der Waals surface area (Å²) >= 11 is 0. The van der Waals surface area contributed by atoms with E-state index in [1.807, 2.05) is 24.0 Å². The average molecular weight is 394 g/mol. The van der Waals surface area contributed by atoms with Gasteiger partial charge in [0.1, 0.15) is 0 Å². The Morgan fingerprint density at radius 3 is 2.59 bits per heavy atom. The molecule has 2 fully saturated rings. The molecule has 0 bridgehead atoms. The van der Waals surface area contributed by atoms with Crippen molar-refractivity contribution in [3.63, 3.8) is 0 Å². The number of hydrogen-bond donors (Lipinski definition) is 1. The summed E-state index contributed by atoms with van der Waals surface area (Å²) in [6.07, 6.45) is 5.14. The molecule has 0 saturated carbocycles. The summed E-state index contributed by atoms with van der Waals surface area (Å²) in [5, 5.41) is 3.13. The van der Waals surface area contributed by atoms with E-state index in [4.69, 9.17) is 0 Å². The lowest BCUT2D eigenvalue weighted by atomic mass is 10.0. The number of anilines is 1. The zero-order valence-electron chi connectivity index (χ0n) is 16.4. The molecule has 2 aliphatic heterocycles. The first-order valence-corrected chi connectivity index (χ1v) is 11.4. The number of carbonyl (C=O) groups is 1. The molecule has 0 aliphatic carbocycles. The second kappa shape index (κ2) is 8.61. The van der Waals surface area contributed by atoms with Gasteiger partial charge in [-0.15, -0.1) is 0 Å². The van der Waals surface area contributed by atoms with Gasteiger partial charge < -0.3 is 10.2 Å². The molecule has 1 aromatic carbocycles. The Balaban J connectivity index is 1.68. The van der Waals surface area contributed by atoms with Crippen molar-refractivity contribution >= 4 is 21.6 Å². The number of carbonyl (C=O) groups excluding carboxylic acids is 1. The Morgan fingerprint density at radius 1 is 1.15 bits per heavy atom. The maximum Gasteiger partial charge on any atom is 0.243 e. The molecule has 1 atom stereocenters. The van der Waals surface area contributed by atoms with Crippen LogP contribution < -0.4 is 5.32 Å². The Morgan fingerprint density at radius 2 is 1.89 bits per heavy atom. The third-order valence-corrected chi connectivity index (χ3v) is 7.62. The van der Waals surface area contributed by atoms with Crippen LogP contribution in [-0.4, -0.2) is 56.3 Å². The monoisotopic (exact) mass is 393 g/mol. The molecule has 3 rings (SSSR count). The highest BCUT2D eigenvalue weighted by molar-refractivity contribution is 7.89. The van der Waals surface area contributed by atoms with Crippen molar-refractivity contribution in [2.75, 3.05) is 38.0 Å². The summed E-state index contributed by atoms with van der Waals surface area (Å²) in [5.41, 5.74) is 1.41. The maximum atomic E-state index is 13.0. The van der Waals surface area contributed by atoms with Crippen LogP contribution in [0, 0.1) is 12.8 Å².